The molecule has 0 saturated heterocycles. The van der Waals surface area contributed by atoms with Crippen molar-refractivity contribution in [2.45, 2.75) is 20.8 Å². The third kappa shape index (κ3) is 5.33. The Bertz CT molecular complexity index is 770. The molecule has 0 saturated carbocycles. The number of nitrogens with zero attached hydrogens (tertiary/aromatic N) is 2. The minimum atomic E-state index is -0.110. The molecule has 0 atom stereocenters. The van der Waals surface area contributed by atoms with Gasteiger partial charge in [0.1, 0.15) is 5.75 Å². The molecule has 5 heteroatoms. The third-order valence-corrected chi connectivity index (χ3v) is 4.18. The summed E-state index contributed by atoms with van der Waals surface area (Å²) in [4.78, 5) is 18.8. The molecule has 2 aromatic rings. The van der Waals surface area contributed by atoms with Crippen LogP contribution in [0.5, 0.6) is 5.75 Å². The van der Waals surface area contributed by atoms with E-state index in [9.17, 15) is 4.79 Å². The quantitative estimate of drug-likeness (QED) is 0.404. The van der Waals surface area contributed by atoms with Crippen molar-refractivity contribution >= 4 is 29.4 Å². The summed E-state index contributed by atoms with van der Waals surface area (Å²) in [6.07, 6.45) is 1.72. The van der Waals surface area contributed by atoms with Crippen molar-refractivity contribution in [1.82, 2.24) is 4.90 Å². The predicted octanol–water partition coefficient (Wildman–Crippen LogP) is 4.83. The van der Waals surface area contributed by atoms with Gasteiger partial charge in [-0.3, -0.25) is 4.79 Å². The summed E-state index contributed by atoms with van der Waals surface area (Å²) in [5, 5.41) is 0.449. The Balaban J connectivity index is 2.10. The van der Waals surface area contributed by atoms with Crippen molar-refractivity contribution in [3.8, 4) is 5.75 Å². The zero-order valence-corrected chi connectivity index (χ0v) is 15.8. The molecule has 0 bridgehead atoms. The number of carbonyl (C=O) groups excluding carboxylic acids is 1. The molecule has 132 valence electrons. The third-order valence-electron chi connectivity index (χ3n) is 3.88. The standard InChI is InChI=1S/C20H23ClN2O2/c1-5-23(4)13-22-19-10-15(3)17(11-18(19)21)20(24)12-25-16-8-6-14(2)7-9-16/h6-11,13H,5,12H2,1-4H3/b22-13-. The number of ether oxygens (including phenoxy) is 1. The van der Waals surface area contributed by atoms with Crippen LogP contribution in [0.2, 0.25) is 5.02 Å². The smallest absolute Gasteiger partial charge is 0.200 e. The van der Waals surface area contributed by atoms with Gasteiger partial charge in [0.05, 0.1) is 17.0 Å². The van der Waals surface area contributed by atoms with Crippen LogP contribution >= 0.6 is 11.6 Å². The van der Waals surface area contributed by atoms with Crippen LogP contribution in [0.3, 0.4) is 0 Å². The monoisotopic (exact) mass is 358 g/mol. The van der Waals surface area contributed by atoms with E-state index in [-0.39, 0.29) is 12.4 Å². The first-order chi connectivity index (χ1) is 11.9. The number of aliphatic imine (C=N–C) groups is 1. The molecule has 2 aromatic carbocycles. The van der Waals surface area contributed by atoms with E-state index in [0.717, 1.165) is 17.7 Å². The summed E-state index contributed by atoms with van der Waals surface area (Å²) in [6.45, 7) is 6.74. The van der Waals surface area contributed by atoms with Gasteiger partial charge in [0.15, 0.2) is 6.61 Å². The fourth-order valence-corrected chi connectivity index (χ4v) is 2.38. The Hall–Kier alpha value is -2.33. The van der Waals surface area contributed by atoms with Crippen molar-refractivity contribution in [3.05, 3.63) is 58.1 Å². The Kier molecular flexibility index (Phi) is 6.59. The number of aryl methyl sites for hydroxylation is 2. The fraction of sp³-hybridized carbons (Fsp3) is 0.300. The summed E-state index contributed by atoms with van der Waals surface area (Å²) >= 11 is 6.28. The molecule has 0 amide bonds. The van der Waals surface area contributed by atoms with E-state index in [1.807, 2.05) is 63.1 Å². The van der Waals surface area contributed by atoms with Gasteiger partial charge in [0, 0.05) is 19.2 Å². The molecule has 0 N–H and O–H groups in total. The molecule has 0 aliphatic rings. The first-order valence-electron chi connectivity index (χ1n) is 8.18. The number of halogens is 1. The molecule has 0 radical (unpaired) electrons. The van der Waals surface area contributed by atoms with Crippen LogP contribution in [0.25, 0.3) is 0 Å². The topological polar surface area (TPSA) is 41.9 Å². The van der Waals surface area contributed by atoms with Crippen LogP contribution in [-0.2, 0) is 0 Å². The first-order valence-corrected chi connectivity index (χ1v) is 8.55. The maximum absolute atomic E-state index is 12.5. The van der Waals surface area contributed by atoms with Gasteiger partial charge in [-0.2, -0.15) is 0 Å². The van der Waals surface area contributed by atoms with E-state index in [1.54, 1.807) is 12.4 Å². The van der Waals surface area contributed by atoms with E-state index in [1.165, 1.54) is 0 Å². The Labute approximate surface area is 154 Å². The molecule has 2 rings (SSSR count). The lowest BCUT2D eigenvalue weighted by Gasteiger charge is -2.11. The molecule has 4 nitrogen and oxygen atoms in total. The number of ketones is 1. The van der Waals surface area contributed by atoms with Gasteiger partial charge in [0.25, 0.3) is 0 Å². The number of hydrogen-bond acceptors (Lipinski definition) is 3. The lowest BCUT2D eigenvalue weighted by atomic mass is 10.0. The second-order valence-electron chi connectivity index (χ2n) is 5.96. The summed E-state index contributed by atoms with van der Waals surface area (Å²) in [7, 11) is 1.94. The Morgan fingerprint density at radius 2 is 1.92 bits per heavy atom. The average molecular weight is 359 g/mol. The molecular formula is C20H23ClN2O2. The summed E-state index contributed by atoms with van der Waals surface area (Å²) in [5.41, 5.74) is 3.18. The molecule has 0 spiro atoms. The van der Waals surface area contributed by atoms with Crippen molar-refractivity contribution in [1.29, 1.82) is 0 Å². The van der Waals surface area contributed by atoms with Crippen LogP contribution in [-0.4, -0.2) is 37.2 Å². The normalized spacial score (nSPS) is 10.9. The van der Waals surface area contributed by atoms with Gasteiger partial charge < -0.3 is 9.64 Å². The van der Waals surface area contributed by atoms with Gasteiger partial charge in [-0.25, -0.2) is 4.99 Å². The highest BCUT2D eigenvalue weighted by Gasteiger charge is 2.13. The van der Waals surface area contributed by atoms with Crippen LogP contribution in [0, 0.1) is 13.8 Å². The molecule has 25 heavy (non-hydrogen) atoms. The van der Waals surface area contributed by atoms with E-state index in [4.69, 9.17) is 16.3 Å². The SMILES string of the molecule is CCN(C)/C=N\c1cc(C)c(C(=O)COc2ccc(C)cc2)cc1Cl. The number of carbonyl (C=O) groups is 1. The van der Waals surface area contributed by atoms with E-state index < -0.39 is 0 Å². The first kappa shape index (κ1) is 19.0. The molecule has 0 aliphatic carbocycles. The van der Waals surface area contributed by atoms with Crippen LogP contribution in [0.1, 0.15) is 28.4 Å². The second kappa shape index (κ2) is 8.67. The fourth-order valence-electron chi connectivity index (χ4n) is 2.17. The lowest BCUT2D eigenvalue weighted by molar-refractivity contribution is 0.0921. The second-order valence-corrected chi connectivity index (χ2v) is 6.37. The van der Waals surface area contributed by atoms with Crippen molar-refractivity contribution in [2.75, 3.05) is 20.2 Å². The molecule has 0 aromatic heterocycles. The van der Waals surface area contributed by atoms with Gasteiger partial charge in [0.2, 0.25) is 5.78 Å². The molecule has 0 aliphatic heterocycles. The summed E-state index contributed by atoms with van der Waals surface area (Å²) in [6, 6.07) is 11.1. The Morgan fingerprint density at radius 1 is 1.24 bits per heavy atom. The van der Waals surface area contributed by atoms with Gasteiger partial charge in [-0.15, -0.1) is 0 Å². The van der Waals surface area contributed by atoms with Crippen molar-refractivity contribution in [2.24, 2.45) is 4.99 Å². The van der Waals surface area contributed by atoms with Gasteiger partial charge in [-0.05, 0) is 50.6 Å². The largest absolute Gasteiger partial charge is 0.485 e. The molecule has 0 unspecified atom stereocenters. The van der Waals surface area contributed by atoms with Crippen LogP contribution in [0.15, 0.2) is 41.4 Å². The zero-order valence-electron chi connectivity index (χ0n) is 15.0. The van der Waals surface area contributed by atoms with Crippen LogP contribution in [0.4, 0.5) is 5.69 Å². The van der Waals surface area contributed by atoms with Gasteiger partial charge >= 0.3 is 0 Å². The molecular weight excluding hydrogens is 336 g/mol. The van der Waals surface area contributed by atoms with Crippen molar-refractivity contribution in [3.63, 3.8) is 0 Å². The highest BCUT2D eigenvalue weighted by molar-refractivity contribution is 6.33. The minimum Gasteiger partial charge on any atom is -0.485 e. The Morgan fingerprint density at radius 3 is 2.56 bits per heavy atom. The maximum atomic E-state index is 12.5. The minimum absolute atomic E-state index is 0.0264. The van der Waals surface area contributed by atoms with E-state index in [0.29, 0.717) is 22.0 Å². The number of hydrogen-bond donors (Lipinski definition) is 0. The number of benzene rings is 2. The number of Topliss-reactive ketones (excluding diaryl/α,β-unsaturated/α-hetero) is 1. The molecule has 0 fully saturated rings. The summed E-state index contributed by atoms with van der Waals surface area (Å²) < 4.78 is 5.57. The number of rotatable bonds is 7. The highest BCUT2D eigenvalue weighted by Crippen LogP contribution is 2.28. The lowest BCUT2D eigenvalue weighted by Crippen LogP contribution is -2.14. The maximum Gasteiger partial charge on any atom is 0.200 e. The average Bonchev–Trinajstić information content (AvgIpc) is 2.61. The van der Waals surface area contributed by atoms with Crippen molar-refractivity contribution < 1.29 is 9.53 Å². The highest BCUT2D eigenvalue weighted by atomic mass is 35.5. The van der Waals surface area contributed by atoms with E-state index in [2.05, 4.69) is 4.99 Å². The summed E-state index contributed by atoms with van der Waals surface area (Å²) in [5.74, 6) is 0.563. The predicted molar refractivity (Wildman–Crippen MR) is 104 cm³/mol. The van der Waals surface area contributed by atoms with Crippen LogP contribution < -0.4 is 4.74 Å². The zero-order chi connectivity index (χ0) is 18.4. The van der Waals surface area contributed by atoms with E-state index >= 15 is 0 Å². The van der Waals surface area contributed by atoms with Gasteiger partial charge in [-0.1, -0.05) is 29.3 Å². The molecule has 0 heterocycles.